The molecule has 0 saturated heterocycles. The standard InChI is InChI=1S/C38H45O2PS/c1-32(42)33-27-29-34(30-28-33)40-38(39)26-18-7-5-3-2-4-6-8-19-31-41(35-20-12-9-13-21-35,36-22-14-10-15-23-36)37-24-16-11-17-25-37/h9-17,20-25,27-30,41H,2-8,18-19,26,31H2,1H3. The summed E-state index contributed by atoms with van der Waals surface area (Å²) in [5.41, 5.74) is 0.992. The van der Waals surface area contributed by atoms with Gasteiger partial charge in [0.05, 0.1) is 0 Å². The Hall–Kier alpha value is -3.13. The van der Waals surface area contributed by atoms with Gasteiger partial charge in [0.2, 0.25) is 0 Å². The number of hydrogen-bond acceptors (Lipinski definition) is 3. The normalized spacial score (nSPS) is 11.6. The van der Waals surface area contributed by atoms with Gasteiger partial charge in [0.25, 0.3) is 0 Å². The molecule has 4 aromatic carbocycles. The first-order valence-corrected chi connectivity index (χ1v) is 18.2. The summed E-state index contributed by atoms with van der Waals surface area (Å²) in [5, 5.41) is 4.51. The third-order valence-corrected chi connectivity index (χ3v) is 13.5. The minimum atomic E-state index is -2.10. The topological polar surface area (TPSA) is 26.3 Å². The predicted molar refractivity (Wildman–Crippen MR) is 187 cm³/mol. The molecule has 4 aromatic rings. The van der Waals surface area contributed by atoms with Crippen molar-refractivity contribution in [2.24, 2.45) is 0 Å². The summed E-state index contributed by atoms with van der Waals surface area (Å²) < 4.78 is 5.46. The smallest absolute Gasteiger partial charge is 0.0185 e. The van der Waals surface area contributed by atoms with E-state index in [4.69, 9.17) is 17.0 Å². The molecule has 0 spiro atoms. The van der Waals surface area contributed by atoms with Crippen LogP contribution in [0.4, 0.5) is 0 Å². The van der Waals surface area contributed by atoms with Gasteiger partial charge in [-0.05, 0) is 24.6 Å². The zero-order valence-corrected chi connectivity index (χ0v) is 26.8. The Morgan fingerprint density at radius 3 is 1.40 bits per heavy atom. The van der Waals surface area contributed by atoms with Gasteiger partial charge in [0.15, 0.2) is 0 Å². The molecule has 0 saturated carbocycles. The van der Waals surface area contributed by atoms with Crippen molar-refractivity contribution >= 4 is 46.2 Å². The second kappa shape index (κ2) is 17.1. The van der Waals surface area contributed by atoms with Crippen LogP contribution in [0.3, 0.4) is 0 Å². The van der Waals surface area contributed by atoms with Gasteiger partial charge in [-0.2, -0.15) is 0 Å². The molecular formula is C38H45O2PS. The van der Waals surface area contributed by atoms with Gasteiger partial charge in [0, 0.05) is 4.86 Å². The van der Waals surface area contributed by atoms with Crippen LogP contribution in [0.15, 0.2) is 115 Å². The number of carbonyl (C=O) groups excluding carboxylic acids is 1. The van der Waals surface area contributed by atoms with E-state index in [9.17, 15) is 4.79 Å². The second-order valence-corrected chi connectivity index (χ2v) is 15.9. The molecule has 0 unspecified atom stereocenters. The predicted octanol–water partition coefficient (Wildman–Crippen LogP) is 8.96. The summed E-state index contributed by atoms with van der Waals surface area (Å²) in [4.78, 5) is 13.0. The van der Waals surface area contributed by atoms with Gasteiger partial charge in [-0.15, -0.1) is 0 Å². The molecular weight excluding hydrogens is 551 g/mol. The zero-order valence-electron chi connectivity index (χ0n) is 25.0. The molecule has 0 aromatic heterocycles. The summed E-state index contributed by atoms with van der Waals surface area (Å²) in [6.07, 6.45) is 12.5. The Kier molecular flexibility index (Phi) is 12.9. The number of thiocarbonyl (C=S) groups is 1. The van der Waals surface area contributed by atoms with Crippen molar-refractivity contribution in [2.45, 2.75) is 71.1 Å². The summed E-state index contributed by atoms with van der Waals surface area (Å²) in [6.45, 7) is 1.90. The van der Waals surface area contributed by atoms with Crippen molar-refractivity contribution in [1.29, 1.82) is 0 Å². The molecule has 0 bridgehead atoms. The van der Waals surface area contributed by atoms with E-state index in [1.54, 1.807) is 0 Å². The molecule has 0 atom stereocenters. The van der Waals surface area contributed by atoms with E-state index in [1.807, 2.05) is 31.2 Å². The SMILES string of the molecule is CC(=S)c1ccc(OC(=O)CCCCCCCCCCC[PH](c2ccccc2)(c2ccccc2)c2ccccc2)cc1. The maximum absolute atomic E-state index is 12.2. The Morgan fingerprint density at radius 2 is 0.976 bits per heavy atom. The number of esters is 1. The minimum Gasteiger partial charge on any atom is -0.0502 e. The summed E-state index contributed by atoms with van der Waals surface area (Å²) >= 11 is 5.18. The van der Waals surface area contributed by atoms with Crippen LogP contribution in [0.5, 0.6) is 5.75 Å². The molecule has 220 valence electrons. The third kappa shape index (κ3) is 9.18. The van der Waals surface area contributed by atoms with Crippen molar-refractivity contribution < 1.29 is 9.53 Å². The van der Waals surface area contributed by atoms with Crippen molar-refractivity contribution in [3.8, 4) is 5.75 Å². The molecule has 0 amide bonds. The molecule has 42 heavy (non-hydrogen) atoms. The molecule has 0 fully saturated rings. The Labute approximate surface area is 258 Å². The summed E-state index contributed by atoms with van der Waals surface area (Å²) in [6, 6.07) is 41.2. The number of rotatable bonds is 17. The summed E-state index contributed by atoms with van der Waals surface area (Å²) in [5.74, 6) is 0.444. The molecule has 0 aliphatic carbocycles. The molecule has 2 nitrogen and oxygen atoms in total. The molecule has 0 aliphatic rings. The largest absolute Gasteiger partial charge is 0.0502 e. The number of unbranched alkanes of at least 4 members (excludes halogenated alkanes) is 8. The van der Waals surface area contributed by atoms with Gasteiger partial charge in [-0.25, -0.2) is 0 Å². The van der Waals surface area contributed by atoms with Crippen molar-refractivity contribution in [1.82, 2.24) is 0 Å². The molecule has 0 heterocycles. The monoisotopic (exact) mass is 596 g/mol. The van der Waals surface area contributed by atoms with Crippen LogP contribution in [0.2, 0.25) is 0 Å². The van der Waals surface area contributed by atoms with Crippen LogP contribution < -0.4 is 20.7 Å². The Bertz CT molecular complexity index is 1260. The van der Waals surface area contributed by atoms with Gasteiger partial charge in [-0.1, -0.05) is 24.4 Å². The van der Waals surface area contributed by atoms with Gasteiger partial charge < -0.3 is 4.74 Å². The van der Waals surface area contributed by atoms with Gasteiger partial charge in [-0.3, -0.25) is 4.79 Å². The summed E-state index contributed by atoms with van der Waals surface area (Å²) in [7, 11) is -2.10. The van der Waals surface area contributed by atoms with Crippen molar-refractivity contribution in [3.05, 3.63) is 121 Å². The maximum Gasteiger partial charge on any atom is -0.0185 e. The first kappa shape index (κ1) is 31.8. The molecule has 0 aliphatic heterocycles. The number of benzene rings is 4. The Morgan fingerprint density at radius 1 is 0.571 bits per heavy atom. The van der Waals surface area contributed by atoms with E-state index < -0.39 is 7.26 Å². The van der Waals surface area contributed by atoms with Crippen LogP contribution in [0.1, 0.15) is 76.7 Å². The van der Waals surface area contributed by atoms with E-state index >= 15 is 0 Å². The van der Waals surface area contributed by atoms with Crippen molar-refractivity contribution in [3.63, 3.8) is 0 Å². The van der Waals surface area contributed by atoms with Crippen molar-refractivity contribution in [2.75, 3.05) is 6.16 Å². The van der Waals surface area contributed by atoms with Crippen LogP contribution in [-0.4, -0.2) is 17.0 Å². The molecule has 4 rings (SSSR count). The average Bonchev–Trinajstić information content (AvgIpc) is 3.03. The number of hydrogen-bond donors (Lipinski definition) is 0. The van der Waals surface area contributed by atoms with E-state index in [2.05, 4.69) is 91.0 Å². The minimum absolute atomic E-state index is 0.150. The van der Waals surface area contributed by atoms with Crippen LogP contribution in [0, 0.1) is 0 Å². The fourth-order valence-electron chi connectivity index (χ4n) is 5.94. The number of ether oxygens (including phenoxy) is 1. The molecule has 4 heteroatoms. The quantitative estimate of drug-likeness (QED) is 0.0304. The Balaban J connectivity index is 1.17. The van der Waals surface area contributed by atoms with Gasteiger partial charge >= 0.3 is 191 Å². The maximum atomic E-state index is 12.2. The fraction of sp³-hybridized carbons (Fsp3) is 0.316. The second-order valence-electron chi connectivity index (χ2n) is 11.2. The first-order chi connectivity index (χ1) is 20.6. The average molecular weight is 597 g/mol. The number of carbonyl (C=O) groups is 1. The molecule has 0 N–H and O–H groups in total. The van der Waals surface area contributed by atoms with Crippen LogP contribution in [-0.2, 0) is 4.79 Å². The van der Waals surface area contributed by atoms with E-state index in [-0.39, 0.29) is 5.97 Å². The first-order valence-electron chi connectivity index (χ1n) is 15.6. The van der Waals surface area contributed by atoms with Crippen LogP contribution >= 0.6 is 19.5 Å². The zero-order chi connectivity index (χ0) is 29.5. The molecule has 0 radical (unpaired) electrons. The third-order valence-electron chi connectivity index (χ3n) is 8.22. The van der Waals surface area contributed by atoms with E-state index in [1.165, 1.54) is 67.0 Å². The van der Waals surface area contributed by atoms with Crippen LogP contribution in [0.25, 0.3) is 0 Å². The van der Waals surface area contributed by atoms with Gasteiger partial charge in [0.1, 0.15) is 5.75 Å². The van der Waals surface area contributed by atoms with E-state index in [0.717, 1.165) is 23.3 Å². The fourth-order valence-corrected chi connectivity index (χ4v) is 11.0. The van der Waals surface area contributed by atoms with E-state index in [0.29, 0.717) is 12.2 Å².